The molecule has 0 unspecified atom stereocenters. The van der Waals surface area contributed by atoms with Crippen molar-refractivity contribution >= 4 is 15.9 Å². The molecule has 3 rings (SSSR count). The van der Waals surface area contributed by atoms with E-state index >= 15 is 0 Å². The van der Waals surface area contributed by atoms with E-state index in [1.807, 2.05) is 43.3 Å². The summed E-state index contributed by atoms with van der Waals surface area (Å²) in [6.07, 6.45) is 0.834. The summed E-state index contributed by atoms with van der Waals surface area (Å²) in [4.78, 5) is 12.2. The van der Waals surface area contributed by atoms with Crippen LogP contribution in [0, 0.1) is 6.92 Å². The van der Waals surface area contributed by atoms with Gasteiger partial charge in [-0.15, -0.1) is 0 Å². The van der Waals surface area contributed by atoms with E-state index in [9.17, 15) is 4.79 Å². The number of nitrogens with zero attached hydrogens (tertiary/aromatic N) is 4. The summed E-state index contributed by atoms with van der Waals surface area (Å²) < 4.78 is 9.57. The second kappa shape index (κ2) is 7.23. The van der Waals surface area contributed by atoms with Crippen molar-refractivity contribution in [3.63, 3.8) is 0 Å². The average Bonchev–Trinajstić information content (AvgIpc) is 2.93. The Hall–Kier alpha value is -2.41. The highest BCUT2D eigenvalue weighted by molar-refractivity contribution is 9.10. The zero-order valence-electron chi connectivity index (χ0n) is 14.4. The lowest BCUT2D eigenvalue weighted by Crippen LogP contribution is -2.23. The van der Waals surface area contributed by atoms with Crippen LogP contribution in [0.2, 0.25) is 0 Å². The first-order valence-corrected chi connectivity index (χ1v) is 8.79. The van der Waals surface area contributed by atoms with Crippen molar-refractivity contribution in [1.29, 1.82) is 0 Å². The molecule has 0 N–H and O–H groups in total. The van der Waals surface area contributed by atoms with Crippen molar-refractivity contribution in [2.45, 2.75) is 26.9 Å². The van der Waals surface area contributed by atoms with Crippen LogP contribution in [0.4, 0.5) is 0 Å². The highest BCUT2D eigenvalue weighted by Crippen LogP contribution is 2.25. The van der Waals surface area contributed by atoms with E-state index in [1.165, 1.54) is 9.36 Å². The van der Waals surface area contributed by atoms with Gasteiger partial charge in [-0.3, -0.25) is 0 Å². The van der Waals surface area contributed by atoms with E-state index in [4.69, 9.17) is 4.74 Å². The minimum atomic E-state index is -0.283. The Labute approximate surface area is 154 Å². The Bertz CT molecular complexity index is 962. The summed E-state index contributed by atoms with van der Waals surface area (Å²) in [5.74, 6) is 0.812. The normalized spacial score (nSPS) is 10.9. The molecule has 3 aromatic rings. The van der Waals surface area contributed by atoms with Gasteiger partial charge in [0.2, 0.25) is 0 Å². The van der Waals surface area contributed by atoms with Gasteiger partial charge in [-0.25, -0.2) is 4.79 Å². The highest BCUT2D eigenvalue weighted by Gasteiger charge is 2.15. The molecule has 0 radical (unpaired) electrons. The van der Waals surface area contributed by atoms with Crippen LogP contribution in [0.3, 0.4) is 0 Å². The number of hydrogen-bond acceptors (Lipinski definition) is 4. The van der Waals surface area contributed by atoms with Crippen molar-refractivity contribution in [2.24, 2.45) is 7.05 Å². The van der Waals surface area contributed by atoms with Crippen LogP contribution in [0.15, 0.2) is 45.7 Å². The number of benzene rings is 2. The monoisotopic (exact) mass is 402 g/mol. The second-order valence-corrected chi connectivity index (χ2v) is 6.68. The molecule has 0 aliphatic rings. The standard InChI is InChI=1S/C18H19BrN4O2/c1-4-13-6-5-7-16(23-18(24)22(3)20-21-23)15(13)11-25-17-9-8-14(19)10-12(17)2/h5-10H,4,11H2,1-3H3. The van der Waals surface area contributed by atoms with Gasteiger partial charge in [-0.05, 0) is 59.2 Å². The maximum absolute atomic E-state index is 12.2. The summed E-state index contributed by atoms with van der Waals surface area (Å²) >= 11 is 3.46. The fourth-order valence-corrected chi connectivity index (χ4v) is 3.18. The summed E-state index contributed by atoms with van der Waals surface area (Å²) in [7, 11) is 1.58. The lowest BCUT2D eigenvalue weighted by atomic mass is 10.0. The highest BCUT2D eigenvalue weighted by atomic mass is 79.9. The molecule has 6 nitrogen and oxygen atoms in total. The zero-order chi connectivity index (χ0) is 18.0. The van der Waals surface area contributed by atoms with Gasteiger partial charge in [0.15, 0.2) is 0 Å². The lowest BCUT2D eigenvalue weighted by Gasteiger charge is -2.15. The first-order chi connectivity index (χ1) is 12.0. The molecule has 0 fully saturated rings. The molecule has 1 heterocycles. The number of rotatable bonds is 5. The number of hydrogen-bond donors (Lipinski definition) is 0. The van der Waals surface area contributed by atoms with Crippen molar-refractivity contribution < 1.29 is 4.74 Å². The first-order valence-electron chi connectivity index (χ1n) is 8.00. The molecule has 0 amide bonds. The summed E-state index contributed by atoms with van der Waals surface area (Å²) in [5, 5.41) is 7.76. The molecule has 0 saturated heterocycles. The minimum Gasteiger partial charge on any atom is -0.489 e. The fourth-order valence-electron chi connectivity index (χ4n) is 2.71. The number of aromatic nitrogens is 4. The van der Waals surface area contributed by atoms with Gasteiger partial charge in [0.1, 0.15) is 12.4 Å². The Kier molecular flexibility index (Phi) is 5.03. The van der Waals surface area contributed by atoms with Crippen LogP contribution < -0.4 is 10.4 Å². The van der Waals surface area contributed by atoms with Crippen molar-refractivity contribution in [2.75, 3.05) is 0 Å². The first kappa shape index (κ1) is 17.4. The van der Waals surface area contributed by atoms with E-state index in [2.05, 4.69) is 33.3 Å². The van der Waals surface area contributed by atoms with E-state index in [0.717, 1.165) is 33.3 Å². The van der Waals surface area contributed by atoms with Gasteiger partial charge < -0.3 is 4.74 Å². The molecule has 0 atom stereocenters. The Balaban J connectivity index is 1.99. The average molecular weight is 403 g/mol. The number of aryl methyl sites for hydroxylation is 3. The van der Waals surface area contributed by atoms with Crippen molar-refractivity contribution in [3.8, 4) is 11.4 Å². The zero-order valence-corrected chi connectivity index (χ0v) is 15.9. The van der Waals surface area contributed by atoms with E-state index in [1.54, 1.807) is 7.05 Å². The van der Waals surface area contributed by atoms with Gasteiger partial charge in [-0.1, -0.05) is 35.0 Å². The third-order valence-corrected chi connectivity index (χ3v) is 4.58. The number of ether oxygens (including phenoxy) is 1. The predicted octanol–water partition coefficient (Wildman–Crippen LogP) is 3.18. The molecule has 0 spiro atoms. The van der Waals surface area contributed by atoms with Crippen molar-refractivity contribution in [3.05, 3.63) is 68.0 Å². The van der Waals surface area contributed by atoms with E-state index in [0.29, 0.717) is 12.3 Å². The summed E-state index contributed by atoms with van der Waals surface area (Å²) in [6.45, 7) is 4.43. The second-order valence-electron chi connectivity index (χ2n) is 5.76. The van der Waals surface area contributed by atoms with Crippen LogP contribution >= 0.6 is 15.9 Å². The van der Waals surface area contributed by atoms with Gasteiger partial charge in [0.25, 0.3) is 0 Å². The summed E-state index contributed by atoms with van der Waals surface area (Å²) in [6, 6.07) is 11.7. The minimum absolute atomic E-state index is 0.283. The lowest BCUT2D eigenvalue weighted by molar-refractivity contribution is 0.302. The molecule has 0 aliphatic carbocycles. The Morgan fingerprint density at radius 3 is 2.64 bits per heavy atom. The molecule has 25 heavy (non-hydrogen) atoms. The molecular weight excluding hydrogens is 384 g/mol. The molecule has 2 aromatic carbocycles. The molecule has 1 aromatic heterocycles. The molecule has 0 aliphatic heterocycles. The fraction of sp³-hybridized carbons (Fsp3) is 0.278. The van der Waals surface area contributed by atoms with Crippen LogP contribution in [-0.2, 0) is 20.1 Å². The van der Waals surface area contributed by atoms with E-state index in [-0.39, 0.29) is 5.69 Å². The van der Waals surface area contributed by atoms with Crippen LogP contribution in [0.25, 0.3) is 5.69 Å². The predicted molar refractivity (Wildman–Crippen MR) is 99.2 cm³/mol. The quantitative estimate of drug-likeness (QED) is 0.657. The largest absolute Gasteiger partial charge is 0.489 e. The molecule has 0 saturated carbocycles. The van der Waals surface area contributed by atoms with Crippen LogP contribution in [0.1, 0.15) is 23.6 Å². The van der Waals surface area contributed by atoms with Crippen molar-refractivity contribution in [1.82, 2.24) is 19.8 Å². The Morgan fingerprint density at radius 2 is 2.00 bits per heavy atom. The number of halogens is 1. The molecular formula is C18H19BrN4O2. The van der Waals surface area contributed by atoms with Gasteiger partial charge in [0.05, 0.1) is 5.69 Å². The Morgan fingerprint density at radius 1 is 1.20 bits per heavy atom. The third kappa shape index (κ3) is 3.51. The third-order valence-electron chi connectivity index (χ3n) is 4.09. The topological polar surface area (TPSA) is 61.9 Å². The van der Waals surface area contributed by atoms with Crippen LogP contribution in [-0.4, -0.2) is 19.8 Å². The summed E-state index contributed by atoms with van der Waals surface area (Å²) in [5.41, 5.74) is 3.52. The van der Waals surface area contributed by atoms with Gasteiger partial charge in [-0.2, -0.15) is 9.36 Å². The van der Waals surface area contributed by atoms with Gasteiger partial charge >= 0.3 is 5.69 Å². The maximum atomic E-state index is 12.2. The maximum Gasteiger partial charge on any atom is 0.368 e. The smallest absolute Gasteiger partial charge is 0.368 e. The molecule has 130 valence electrons. The number of tetrazole rings is 1. The molecule has 0 bridgehead atoms. The van der Waals surface area contributed by atoms with Gasteiger partial charge in [0, 0.05) is 17.1 Å². The van der Waals surface area contributed by atoms with Crippen LogP contribution in [0.5, 0.6) is 5.75 Å². The SMILES string of the molecule is CCc1cccc(-n2nnn(C)c2=O)c1COc1ccc(Br)cc1C. The molecule has 7 heteroatoms. The van der Waals surface area contributed by atoms with E-state index < -0.39 is 0 Å².